The van der Waals surface area contributed by atoms with Crippen LogP contribution in [0.4, 0.5) is 0 Å². The van der Waals surface area contributed by atoms with Gasteiger partial charge in [-0.25, -0.2) is 4.68 Å². The van der Waals surface area contributed by atoms with E-state index in [0.717, 1.165) is 22.8 Å². The number of carbonyl (C=O) groups is 1. The minimum absolute atomic E-state index is 0.0524. The fourth-order valence-electron chi connectivity index (χ4n) is 2.00. The lowest BCUT2D eigenvalue weighted by molar-refractivity contribution is -0.119. The molecule has 5 nitrogen and oxygen atoms in total. The number of hydrogen-bond donors (Lipinski definition) is 1. The Morgan fingerprint density at radius 1 is 1.41 bits per heavy atom. The number of thioether (sulfide) groups is 1. The molecule has 1 amide bonds. The van der Waals surface area contributed by atoms with E-state index < -0.39 is 0 Å². The monoisotopic (exact) mass is 319 g/mol. The van der Waals surface area contributed by atoms with Gasteiger partial charge in [0, 0.05) is 11.8 Å². The zero-order chi connectivity index (χ0) is 15.9. The molecule has 0 aliphatic carbocycles. The van der Waals surface area contributed by atoms with Crippen LogP contribution in [-0.4, -0.2) is 34.3 Å². The topological polar surface area (TPSA) is 56.2 Å². The second kappa shape index (κ2) is 7.89. The van der Waals surface area contributed by atoms with Crippen LogP contribution in [0, 0.1) is 0 Å². The highest BCUT2D eigenvalue weighted by Crippen LogP contribution is 2.17. The second-order valence-electron chi connectivity index (χ2n) is 4.84. The number of ether oxygens (including phenoxy) is 1. The van der Waals surface area contributed by atoms with Gasteiger partial charge in [0.05, 0.1) is 30.8 Å². The molecule has 0 radical (unpaired) electrons. The second-order valence-corrected chi connectivity index (χ2v) is 6.12. The maximum Gasteiger partial charge on any atom is 0.230 e. The van der Waals surface area contributed by atoms with Crippen molar-refractivity contribution in [3.63, 3.8) is 0 Å². The molecule has 0 unspecified atom stereocenters. The Balaban J connectivity index is 2.02. The number of amides is 1. The van der Waals surface area contributed by atoms with Gasteiger partial charge >= 0.3 is 0 Å². The summed E-state index contributed by atoms with van der Waals surface area (Å²) in [5.41, 5.74) is 1.93. The Morgan fingerprint density at radius 3 is 2.77 bits per heavy atom. The Morgan fingerprint density at radius 2 is 2.14 bits per heavy atom. The van der Waals surface area contributed by atoms with Gasteiger partial charge in [0.15, 0.2) is 0 Å². The third-order valence-corrected chi connectivity index (χ3v) is 4.13. The van der Waals surface area contributed by atoms with Crippen molar-refractivity contribution in [2.45, 2.75) is 19.9 Å². The van der Waals surface area contributed by atoms with Crippen molar-refractivity contribution in [2.24, 2.45) is 0 Å². The SMILES string of the molecule is CCSCC(=O)N[C@@H](C)c1cnn(-c2ccc(OC)cc2)c1. The summed E-state index contributed by atoms with van der Waals surface area (Å²) in [4.78, 5) is 11.8. The quantitative estimate of drug-likeness (QED) is 0.852. The van der Waals surface area contributed by atoms with E-state index in [2.05, 4.69) is 10.4 Å². The Labute approximate surface area is 135 Å². The molecule has 0 fully saturated rings. The number of aromatic nitrogens is 2. The molecule has 0 saturated heterocycles. The third-order valence-electron chi connectivity index (χ3n) is 3.25. The summed E-state index contributed by atoms with van der Waals surface area (Å²) in [6.45, 7) is 4.00. The highest BCUT2D eigenvalue weighted by Gasteiger charge is 2.12. The van der Waals surface area contributed by atoms with Crippen LogP contribution in [-0.2, 0) is 4.79 Å². The van der Waals surface area contributed by atoms with E-state index in [9.17, 15) is 4.79 Å². The number of benzene rings is 1. The minimum atomic E-state index is -0.0584. The van der Waals surface area contributed by atoms with Gasteiger partial charge in [0.1, 0.15) is 5.75 Å². The molecule has 6 heteroatoms. The van der Waals surface area contributed by atoms with E-state index in [-0.39, 0.29) is 11.9 Å². The maximum absolute atomic E-state index is 11.8. The standard InChI is InChI=1S/C16H21N3O2S/c1-4-22-11-16(20)18-12(2)13-9-17-19(10-13)14-5-7-15(21-3)8-6-14/h5-10,12H,4,11H2,1-3H3,(H,18,20)/t12-/m0/s1. The number of hydrogen-bond acceptors (Lipinski definition) is 4. The van der Waals surface area contributed by atoms with Gasteiger partial charge in [0.25, 0.3) is 0 Å². The van der Waals surface area contributed by atoms with Crippen molar-refractivity contribution < 1.29 is 9.53 Å². The number of rotatable bonds is 7. The summed E-state index contributed by atoms with van der Waals surface area (Å²) >= 11 is 1.61. The average Bonchev–Trinajstić information content (AvgIpc) is 3.03. The average molecular weight is 319 g/mol. The van der Waals surface area contributed by atoms with E-state index in [0.29, 0.717) is 5.75 Å². The first-order valence-corrected chi connectivity index (χ1v) is 8.35. The summed E-state index contributed by atoms with van der Waals surface area (Å²) in [6.07, 6.45) is 3.71. The van der Waals surface area contributed by atoms with Crippen LogP contribution in [0.15, 0.2) is 36.7 Å². The molecular formula is C16H21N3O2S. The van der Waals surface area contributed by atoms with Gasteiger partial charge < -0.3 is 10.1 Å². The Hall–Kier alpha value is -1.95. The molecule has 1 N–H and O–H groups in total. The lowest BCUT2D eigenvalue weighted by Gasteiger charge is -2.11. The zero-order valence-corrected chi connectivity index (χ0v) is 13.9. The highest BCUT2D eigenvalue weighted by molar-refractivity contribution is 7.99. The fourth-order valence-corrected chi connectivity index (χ4v) is 2.47. The van der Waals surface area contributed by atoms with Gasteiger partial charge in [-0.1, -0.05) is 6.92 Å². The van der Waals surface area contributed by atoms with Crippen molar-refractivity contribution in [3.05, 3.63) is 42.2 Å². The highest BCUT2D eigenvalue weighted by atomic mass is 32.2. The lowest BCUT2D eigenvalue weighted by Crippen LogP contribution is -2.28. The molecule has 2 aromatic rings. The maximum atomic E-state index is 11.8. The van der Waals surface area contributed by atoms with Gasteiger partial charge in [-0.05, 0) is 36.9 Å². The molecule has 0 aliphatic heterocycles. The fraction of sp³-hybridized carbons (Fsp3) is 0.375. The van der Waals surface area contributed by atoms with Crippen LogP contribution >= 0.6 is 11.8 Å². The molecule has 22 heavy (non-hydrogen) atoms. The number of nitrogens with zero attached hydrogens (tertiary/aromatic N) is 2. The normalized spacial score (nSPS) is 12.0. The molecule has 0 aliphatic rings. The molecule has 1 atom stereocenters. The van der Waals surface area contributed by atoms with Crippen molar-refractivity contribution in [2.75, 3.05) is 18.6 Å². The summed E-state index contributed by atoms with van der Waals surface area (Å²) in [5, 5.41) is 7.33. The molecule has 0 spiro atoms. The molecule has 1 aromatic heterocycles. The van der Waals surface area contributed by atoms with Gasteiger partial charge in [-0.3, -0.25) is 4.79 Å². The number of methoxy groups -OCH3 is 1. The van der Waals surface area contributed by atoms with Crippen LogP contribution < -0.4 is 10.1 Å². The van der Waals surface area contributed by atoms with E-state index in [4.69, 9.17) is 4.74 Å². The van der Waals surface area contributed by atoms with Crippen molar-refractivity contribution >= 4 is 17.7 Å². The smallest absolute Gasteiger partial charge is 0.230 e. The van der Waals surface area contributed by atoms with E-state index in [1.165, 1.54) is 0 Å². The van der Waals surface area contributed by atoms with E-state index in [1.54, 1.807) is 29.8 Å². The molecule has 118 valence electrons. The van der Waals surface area contributed by atoms with Crippen molar-refractivity contribution in [3.8, 4) is 11.4 Å². The van der Waals surface area contributed by atoms with E-state index in [1.807, 2.05) is 44.3 Å². The first-order chi connectivity index (χ1) is 10.6. The van der Waals surface area contributed by atoms with Crippen LogP contribution in [0.5, 0.6) is 5.75 Å². The predicted molar refractivity (Wildman–Crippen MR) is 89.7 cm³/mol. The first kappa shape index (κ1) is 16.4. The van der Waals surface area contributed by atoms with Crippen molar-refractivity contribution in [1.29, 1.82) is 0 Å². The van der Waals surface area contributed by atoms with Gasteiger partial charge in [-0.15, -0.1) is 0 Å². The molecular weight excluding hydrogens is 298 g/mol. The molecule has 2 rings (SSSR count). The predicted octanol–water partition coefficient (Wildman–Crippen LogP) is 2.81. The summed E-state index contributed by atoms with van der Waals surface area (Å²) in [5.74, 6) is 2.30. The van der Waals surface area contributed by atoms with Crippen LogP contribution in [0.1, 0.15) is 25.5 Å². The van der Waals surface area contributed by atoms with Crippen LogP contribution in [0.3, 0.4) is 0 Å². The number of nitrogens with one attached hydrogen (secondary N) is 1. The lowest BCUT2D eigenvalue weighted by atomic mass is 10.2. The largest absolute Gasteiger partial charge is 0.497 e. The van der Waals surface area contributed by atoms with E-state index >= 15 is 0 Å². The van der Waals surface area contributed by atoms with Gasteiger partial charge in [0.2, 0.25) is 5.91 Å². The molecule has 1 aromatic carbocycles. The molecule has 1 heterocycles. The van der Waals surface area contributed by atoms with Crippen molar-refractivity contribution in [1.82, 2.24) is 15.1 Å². The summed E-state index contributed by atoms with van der Waals surface area (Å²) in [6, 6.07) is 7.61. The molecule has 0 bridgehead atoms. The first-order valence-electron chi connectivity index (χ1n) is 7.20. The Kier molecular flexibility index (Phi) is 5.89. The Bertz CT molecular complexity index is 610. The summed E-state index contributed by atoms with van der Waals surface area (Å²) in [7, 11) is 1.64. The molecule has 0 saturated carbocycles. The number of carbonyl (C=O) groups excluding carboxylic acids is 1. The minimum Gasteiger partial charge on any atom is -0.497 e. The van der Waals surface area contributed by atoms with Crippen LogP contribution in [0.2, 0.25) is 0 Å². The van der Waals surface area contributed by atoms with Gasteiger partial charge in [-0.2, -0.15) is 16.9 Å². The zero-order valence-electron chi connectivity index (χ0n) is 13.1. The third kappa shape index (κ3) is 4.27. The summed E-state index contributed by atoms with van der Waals surface area (Å²) < 4.78 is 6.94. The van der Waals surface area contributed by atoms with Crippen LogP contribution in [0.25, 0.3) is 5.69 Å².